The van der Waals surface area contributed by atoms with E-state index in [-0.39, 0.29) is 87.9 Å². The number of carbonyl (C=O) groups excluding carboxylic acids is 17. The van der Waals surface area contributed by atoms with Crippen LogP contribution in [0, 0.1) is 17.8 Å². The van der Waals surface area contributed by atoms with Crippen LogP contribution in [0.4, 0.5) is 13.2 Å². The Bertz CT molecular complexity index is 3840. The number of hydrogen-bond acceptors (Lipinski definition) is 19. The van der Waals surface area contributed by atoms with E-state index in [1.54, 1.807) is 20.8 Å². The van der Waals surface area contributed by atoms with Crippen molar-refractivity contribution in [2.75, 3.05) is 65.4 Å². The lowest BCUT2D eigenvalue weighted by Gasteiger charge is -2.42. The van der Waals surface area contributed by atoms with Gasteiger partial charge in [0.05, 0.1) is 45.2 Å². The van der Waals surface area contributed by atoms with Crippen molar-refractivity contribution in [2.24, 2.45) is 17.8 Å². The predicted octanol–water partition coefficient (Wildman–Crippen LogP) is 0.344. The minimum atomic E-state index is -5.19. The number of carbonyl (C=O) groups is 17. The SMILES string of the molecule is CC[C@](C)(NC(=O)[C@H](CC(C)C)NC(=O)CNC(=O)C(C)(C)NC(=O)[C@@H]1CCCCN1C(=O)C(C)(C)NC(=O)C(C)(C)NC(=O)CNC(=O)CCNC(=O)[C@H](CC(C)C)NC(=O)C(C)(C)NC(=O)C(C)(C)NC(=O)[C@@H]1CCCCN1C(=O)C(C)(C)NC(=O)[C@@H]1CCCCN1C(C)=O)C(=O)N[C@@H](CC(C)C)CN1CCC[N+]2=C1CCC2.O=C([O-])C(F)(F)F. The van der Waals surface area contributed by atoms with Gasteiger partial charge in [0.2, 0.25) is 100 Å². The summed E-state index contributed by atoms with van der Waals surface area (Å²) in [5, 5.41) is 44.3. The zero-order valence-electron chi connectivity index (χ0n) is 75.5. The Kier molecular flexibility index (Phi) is 38.2. The van der Waals surface area contributed by atoms with Crippen LogP contribution in [0.25, 0.3) is 0 Å². The molecule has 690 valence electrons. The van der Waals surface area contributed by atoms with Crippen molar-refractivity contribution in [2.45, 2.75) is 336 Å². The highest BCUT2D eigenvalue weighted by atomic mass is 19.4. The quantitative estimate of drug-likeness (QED) is 0.0371. The third-order valence-electron chi connectivity index (χ3n) is 22.3. The van der Waals surface area contributed by atoms with Gasteiger partial charge in [0.15, 0.2) is 0 Å². The molecule has 36 nitrogen and oxygen atoms in total. The summed E-state index contributed by atoms with van der Waals surface area (Å²) in [6, 6.07) is -5.19. The van der Waals surface area contributed by atoms with Crippen molar-refractivity contribution in [3.8, 4) is 0 Å². The van der Waals surface area contributed by atoms with E-state index in [4.69, 9.17) is 9.90 Å². The molecule has 0 unspecified atom stereocenters. The number of carboxylic acid groups (broad SMARTS) is 1. The average Bonchev–Trinajstić information content (AvgIpc) is 0.904. The van der Waals surface area contributed by atoms with Crippen molar-refractivity contribution in [3.05, 3.63) is 0 Å². The van der Waals surface area contributed by atoms with Crippen molar-refractivity contribution in [3.63, 3.8) is 0 Å². The molecule has 0 radical (unpaired) electrons. The molecule has 0 saturated carbocycles. The molecule has 0 bridgehead atoms. The number of nitrogens with one attached hydrogen (secondary N) is 13. The van der Waals surface area contributed by atoms with Gasteiger partial charge in [0, 0.05) is 45.9 Å². The van der Waals surface area contributed by atoms with Crippen molar-refractivity contribution in [1.82, 2.24) is 88.7 Å². The van der Waals surface area contributed by atoms with Crippen LogP contribution in [0.5, 0.6) is 0 Å². The van der Waals surface area contributed by atoms with E-state index in [1.807, 2.05) is 34.6 Å². The zero-order chi connectivity index (χ0) is 92.8. The number of rotatable bonds is 38. The number of aliphatic carboxylic acids is 1. The topological polar surface area (TPSA) is 486 Å². The largest absolute Gasteiger partial charge is 0.542 e. The third kappa shape index (κ3) is 31.2. The van der Waals surface area contributed by atoms with Gasteiger partial charge in [-0.05, 0) is 198 Å². The molecule has 5 rings (SSSR count). The number of nitrogens with zero attached hydrogens (tertiary/aromatic N) is 5. The monoisotopic (exact) mass is 1730 g/mol. The summed E-state index contributed by atoms with van der Waals surface area (Å²) in [6.07, 6.45) is 3.73. The summed E-state index contributed by atoms with van der Waals surface area (Å²) < 4.78 is 34.0. The maximum absolute atomic E-state index is 14.4. The van der Waals surface area contributed by atoms with Gasteiger partial charge in [-0.2, -0.15) is 13.2 Å². The first kappa shape index (κ1) is 105. The van der Waals surface area contributed by atoms with Crippen LogP contribution in [-0.4, -0.2) is 277 Å². The lowest BCUT2D eigenvalue weighted by atomic mass is 9.93. The number of halogens is 3. The third-order valence-corrected chi connectivity index (χ3v) is 22.3. The molecule has 0 spiro atoms. The Morgan fingerprint density at radius 1 is 0.434 bits per heavy atom. The van der Waals surface area contributed by atoms with E-state index in [0.29, 0.717) is 51.1 Å². The van der Waals surface area contributed by atoms with Gasteiger partial charge in [-0.1, -0.05) is 48.5 Å². The predicted molar refractivity (Wildman–Crippen MR) is 443 cm³/mol. The molecule has 3 fully saturated rings. The van der Waals surface area contributed by atoms with Gasteiger partial charge < -0.3 is 93.7 Å². The van der Waals surface area contributed by atoms with Gasteiger partial charge in [-0.3, -0.25) is 86.2 Å². The van der Waals surface area contributed by atoms with Crippen LogP contribution in [0.2, 0.25) is 0 Å². The normalized spacial score (nSPS) is 18.6. The highest BCUT2D eigenvalue weighted by Gasteiger charge is 2.49. The number of alkyl halides is 3. The van der Waals surface area contributed by atoms with E-state index in [1.165, 1.54) is 96.7 Å². The van der Waals surface area contributed by atoms with Crippen LogP contribution >= 0.6 is 0 Å². The van der Waals surface area contributed by atoms with Gasteiger partial charge in [-0.15, -0.1) is 0 Å². The van der Waals surface area contributed by atoms with Crippen molar-refractivity contribution in [1.29, 1.82) is 0 Å². The van der Waals surface area contributed by atoms with Crippen LogP contribution in [0.1, 0.15) is 255 Å². The number of piperidine rings is 3. The molecular weight excluding hydrogens is 1590 g/mol. The fraction of sp³-hybridized carbons (Fsp3) is 0.783. The number of carboxylic acids is 1. The first-order chi connectivity index (χ1) is 56.2. The molecule has 39 heteroatoms. The molecule has 3 saturated heterocycles. The molecule has 7 atom stereocenters. The molecular formula is C83H139F3N18O18. The maximum atomic E-state index is 14.4. The molecule has 0 aromatic carbocycles. The number of hydrogen-bond donors (Lipinski definition) is 13. The van der Waals surface area contributed by atoms with E-state index in [2.05, 4.69) is 92.4 Å². The second-order valence-electron chi connectivity index (χ2n) is 37.4. The summed E-state index contributed by atoms with van der Waals surface area (Å²) >= 11 is 0. The van der Waals surface area contributed by atoms with Crippen LogP contribution in [-0.2, 0) is 81.5 Å². The van der Waals surface area contributed by atoms with Crippen LogP contribution < -0.4 is 74.2 Å². The van der Waals surface area contributed by atoms with Gasteiger partial charge in [0.1, 0.15) is 81.5 Å². The molecule has 13 N–H and O–H groups in total. The fourth-order valence-corrected chi connectivity index (χ4v) is 15.2. The maximum Gasteiger partial charge on any atom is 0.430 e. The first-order valence-corrected chi connectivity index (χ1v) is 42.7. The summed E-state index contributed by atoms with van der Waals surface area (Å²) in [7, 11) is 0. The van der Waals surface area contributed by atoms with E-state index >= 15 is 0 Å². The van der Waals surface area contributed by atoms with E-state index in [0.717, 1.165) is 58.2 Å². The summed E-state index contributed by atoms with van der Waals surface area (Å²) in [4.78, 5) is 236. The van der Waals surface area contributed by atoms with Crippen molar-refractivity contribution >= 4 is 106 Å². The first-order valence-electron chi connectivity index (χ1n) is 42.7. The minimum Gasteiger partial charge on any atom is -0.542 e. The van der Waals surface area contributed by atoms with Gasteiger partial charge in [0.25, 0.3) is 0 Å². The number of amidine groups is 1. The Morgan fingerprint density at radius 2 is 0.852 bits per heavy atom. The van der Waals surface area contributed by atoms with Crippen LogP contribution in [0.15, 0.2) is 0 Å². The molecule has 16 amide bonds. The second kappa shape index (κ2) is 44.5. The zero-order valence-corrected chi connectivity index (χ0v) is 75.5. The number of likely N-dealkylation sites (tertiary alicyclic amines) is 3. The molecule has 122 heavy (non-hydrogen) atoms. The minimum absolute atomic E-state index is 0.0601. The Balaban J connectivity index is 0.00000426. The lowest BCUT2D eigenvalue weighted by molar-refractivity contribution is -0.530. The smallest absolute Gasteiger partial charge is 0.430 e. The van der Waals surface area contributed by atoms with E-state index < -0.39 is 177 Å². The Labute approximate surface area is 715 Å². The van der Waals surface area contributed by atoms with Gasteiger partial charge >= 0.3 is 6.18 Å². The molecule has 0 aliphatic carbocycles. The van der Waals surface area contributed by atoms with E-state index in [9.17, 15) is 89.9 Å². The summed E-state index contributed by atoms with van der Waals surface area (Å²) in [5.74, 6) is -11.4. The van der Waals surface area contributed by atoms with Crippen molar-refractivity contribution < 1.29 is 104 Å². The Morgan fingerprint density at radius 3 is 1.33 bits per heavy atom. The molecule has 0 aromatic heterocycles. The fourth-order valence-electron chi connectivity index (χ4n) is 15.2. The second-order valence-corrected chi connectivity index (χ2v) is 37.4. The molecule has 5 aliphatic rings. The van der Waals surface area contributed by atoms with Gasteiger partial charge in [-0.25, -0.2) is 0 Å². The Hall–Kier alpha value is -9.75. The summed E-state index contributed by atoms with van der Waals surface area (Å²) in [5.41, 5.74) is -11.0. The molecule has 5 heterocycles. The summed E-state index contributed by atoms with van der Waals surface area (Å²) in [6.45, 7) is 36.9. The highest BCUT2D eigenvalue weighted by Crippen LogP contribution is 2.28. The standard InChI is InChI=1S/C81H138N18O16.C2HF3O2/c1-22-81(21,72(113)85-53(43-49(2)3)48-96-39-30-38-95-37-29-34-62(95)96)92-64(105)55(45-51(6)7)86-60(102)46-84-68(109)75(9,10)89-66(107)57-32-25-28-42-99(57)74(115)80(19,20)94-70(111)77(13,14)88-61(103)47-83-59(101)35-36-82-63(104)54(44-50(4)5)87-69(110)76(11,12)93-71(112)78(15,16)90-67(108)58-33-24-27-41-98(58)73(114)79(17,18)91-65(106)56-31-23-26-40-97(56)52(8)100;3-2(4,5)1(6)7/h49-51,53-58H,22-48H2,1-21H3,(H12-,82,83,84,85,86,87,88,89,90,91,92,93,94,101,102,103,104,105,106,107,108,109,110,111,112,113);(H,6,7)/t53-,54-,55-,56-,57-,58-,81-;/m0./s1. The molecule has 0 aromatic rings. The lowest BCUT2D eigenvalue weighted by Crippen LogP contribution is -2.67. The average molecular weight is 1730 g/mol. The van der Waals surface area contributed by atoms with Crippen LogP contribution in [0.3, 0.4) is 0 Å². The molecule has 5 aliphatic heterocycles. The highest BCUT2D eigenvalue weighted by molar-refractivity contribution is 6.03. The number of amides is 16.